The molecule has 0 aromatic heterocycles. The molecular formula is C21H24N2O5S. The first-order chi connectivity index (χ1) is 13.8. The lowest BCUT2D eigenvalue weighted by Gasteiger charge is -2.22. The minimum atomic E-state index is -3.78. The number of aryl methyl sites for hydroxylation is 1. The first-order valence-electron chi connectivity index (χ1n) is 9.37. The van der Waals surface area contributed by atoms with Crippen molar-refractivity contribution in [3.8, 4) is 0 Å². The smallest absolute Gasteiger partial charge is 0.337 e. The van der Waals surface area contributed by atoms with Crippen LogP contribution < -0.4 is 0 Å². The van der Waals surface area contributed by atoms with Crippen LogP contribution in [-0.4, -0.2) is 62.8 Å². The average molecular weight is 416 g/mol. The van der Waals surface area contributed by atoms with Gasteiger partial charge in [0.1, 0.15) is 0 Å². The molecule has 1 saturated heterocycles. The average Bonchev–Trinajstić information content (AvgIpc) is 2.99. The third-order valence-electron chi connectivity index (χ3n) is 4.90. The largest absolute Gasteiger partial charge is 0.465 e. The van der Waals surface area contributed by atoms with Gasteiger partial charge in [-0.05, 0) is 43.7 Å². The van der Waals surface area contributed by atoms with Crippen molar-refractivity contribution >= 4 is 21.9 Å². The number of carbonyl (C=O) groups is 2. The Morgan fingerprint density at radius 1 is 0.931 bits per heavy atom. The number of carbonyl (C=O) groups excluding carboxylic acids is 2. The van der Waals surface area contributed by atoms with Crippen LogP contribution in [-0.2, 0) is 14.8 Å². The molecule has 0 atom stereocenters. The van der Waals surface area contributed by atoms with Crippen LogP contribution in [0, 0.1) is 6.92 Å². The van der Waals surface area contributed by atoms with Crippen molar-refractivity contribution in [3.63, 3.8) is 0 Å². The first kappa shape index (κ1) is 21.0. The Hall–Kier alpha value is -2.71. The van der Waals surface area contributed by atoms with Crippen LogP contribution in [0.25, 0.3) is 0 Å². The van der Waals surface area contributed by atoms with Crippen LogP contribution in [0.4, 0.5) is 0 Å². The van der Waals surface area contributed by atoms with E-state index in [1.54, 1.807) is 11.0 Å². The van der Waals surface area contributed by atoms with E-state index in [2.05, 4.69) is 4.74 Å². The summed E-state index contributed by atoms with van der Waals surface area (Å²) in [5.74, 6) is -0.687. The van der Waals surface area contributed by atoms with E-state index < -0.39 is 16.0 Å². The molecule has 0 N–H and O–H groups in total. The molecule has 8 heteroatoms. The van der Waals surface area contributed by atoms with Gasteiger partial charge in [-0.3, -0.25) is 4.79 Å². The number of nitrogens with zero attached hydrogens (tertiary/aromatic N) is 2. The Morgan fingerprint density at radius 2 is 1.66 bits per heavy atom. The van der Waals surface area contributed by atoms with Crippen molar-refractivity contribution in [2.45, 2.75) is 18.2 Å². The van der Waals surface area contributed by atoms with Gasteiger partial charge in [-0.2, -0.15) is 4.31 Å². The number of esters is 1. The molecule has 154 valence electrons. The van der Waals surface area contributed by atoms with E-state index >= 15 is 0 Å². The van der Waals surface area contributed by atoms with Gasteiger partial charge in [-0.25, -0.2) is 13.2 Å². The number of hydrogen-bond acceptors (Lipinski definition) is 5. The van der Waals surface area contributed by atoms with Crippen LogP contribution >= 0.6 is 0 Å². The SMILES string of the molecule is COC(=O)c1cccc(S(=O)(=O)N2CCCN(C(=O)c3cccc(C)c3)CC2)c1. The summed E-state index contributed by atoms with van der Waals surface area (Å²) in [6.45, 7) is 3.23. The van der Waals surface area contributed by atoms with Gasteiger partial charge in [0.25, 0.3) is 5.91 Å². The molecule has 0 saturated carbocycles. The molecular weight excluding hydrogens is 392 g/mol. The van der Waals surface area contributed by atoms with Crippen LogP contribution in [0.2, 0.25) is 0 Å². The summed E-state index contributed by atoms with van der Waals surface area (Å²) < 4.78 is 32.2. The predicted molar refractivity (Wildman–Crippen MR) is 108 cm³/mol. The monoisotopic (exact) mass is 416 g/mol. The highest BCUT2D eigenvalue weighted by Crippen LogP contribution is 2.20. The number of ether oxygens (including phenoxy) is 1. The van der Waals surface area contributed by atoms with Gasteiger partial charge in [-0.1, -0.05) is 23.8 Å². The van der Waals surface area contributed by atoms with E-state index in [4.69, 9.17) is 0 Å². The van der Waals surface area contributed by atoms with Crippen molar-refractivity contribution in [2.24, 2.45) is 0 Å². The summed E-state index contributed by atoms with van der Waals surface area (Å²) in [7, 11) is -2.53. The molecule has 1 aliphatic rings. The summed E-state index contributed by atoms with van der Waals surface area (Å²) in [6, 6.07) is 13.2. The minimum Gasteiger partial charge on any atom is -0.465 e. The topological polar surface area (TPSA) is 84.0 Å². The lowest BCUT2D eigenvalue weighted by Crippen LogP contribution is -2.37. The zero-order chi connectivity index (χ0) is 21.0. The predicted octanol–water partition coefficient (Wildman–Crippen LogP) is 2.32. The maximum Gasteiger partial charge on any atom is 0.337 e. The number of amides is 1. The Morgan fingerprint density at radius 3 is 2.38 bits per heavy atom. The van der Waals surface area contributed by atoms with E-state index in [1.165, 1.54) is 35.7 Å². The second-order valence-electron chi connectivity index (χ2n) is 6.94. The molecule has 0 radical (unpaired) electrons. The van der Waals surface area contributed by atoms with Crippen LogP contribution in [0.3, 0.4) is 0 Å². The van der Waals surface area contributed by atoms with Crippen molar-refractivity contribution < 1.29 is 22.7 Å². The number of rotatable bonds is 4. The summed E-state index contributed by atoms with van der Waals surface area (Å²) in [5, 5.41) is 0. The normalized spacial score (nSPS) is 15.6. The zero-order valence-electron chi connectivity index (χ0n) is 16.5. The maximum absolute atomic E-state index is 13.1. The molecule has 0 unspecified atom stereocenters. The van der Waals surface area contributed by atoms with E-state index in [9.17, 15) is 18.0 Å². The summed E-state index contributed by atoms with van der Waals surface area (Å²) >= 11 is 0. The van der Waals surface area contributed by atoms with Gasteiger partial charge in [0.2, 0.25) is 10.0 Å². The standard InChI is InChI=1S/C21H24N2O5S/c1-16-6-3-7-17(14-16)20(24)22-10-5-11-23(13-12-22)29(26,27)19-9-4-8-18(15-19)21(25)28-2/h3-4,6-9,14-15H,5,10-13H2,1-2H3. The van der Waals surface area contributed by atoms with Gasteiger partial charge in [0.05, 0.1) is 17.6 Å². The summed E-state index contributed by atoms with van der Waals surface area (Å²) in [6.07, 6.45) is 0.535. The van der Waals surface area contributed by atoms with Gasteiger partial charge >= 0.3 is 5.97 Å². The highest BCUT2D eigenvalue weighted by Gasteiger charge is 2.29. The molecule has 2 aromatic carbocycles. The molecule has 1 amide bonds. The van der Waals surface area contributed by atoms with Crippen molar-refractivity contribution in [3.05, 3.63) is 65.2 Å². The van der Waals surface area contributed by atoms with Crippen LogP contribution in [0.15, 0.2) is 53.4 Å². The fourth-order valence-corrected chi connectivity index (χ4v) is 4.86. The van der Waals surface area contributed by atoms with Crippen LogP contribution in [0.1, 0.15) is 32.7 Å². The molecule has 29 heavy (non-hydrogen) atoms. The van der Waals surface area contributed by atoms with E-state index in [-0.39, 0.29) is 22.9 Å². The van der Waals surface area contributed by atoms with Crippen molar-refractivity contribution in [2.75, 3.05) is 33.3 Å². The highest BCUT2D eigenvalue weighted by molar-refractivity contribution is 7.89. The van der Waals surface area contributed by atoms with E-state index in [1.807, 2.05) is 25.1 Å². The molecule has 1 fully saturated rings. The molecule has 2 aromatic rings. The molecule has 3 rings (SSSR count). The van der Waals surface area contributed by atoms with Gasteiger partial charge in [-0.15, -0.1) is 0 Å². The quantitative estimate of drug-likeness (QED) is 0.715. The minimum absolute atomic E-state index is 0.0406. The maximum atomic E-state index is 13.1. The van der Waals surface area contributed by atoms with Crippen molar-refractivity contribution in [1.82, 2.24) is 9.21 Å². The summed E-state index contributed by atoms with van der Waals surface area (Å²) in [5.41, 5.74) is 1.78. The van der Waals surface area contributed by atoms with Crippen molar-refractivity contribution in [1.29, 1.82) is 0 Å². The molecule has 0 aliphatic carbocycles. The van der Waals surface area contributed by atoms with Gasteiger partial charge in [0, 0.05) is 31.7 Å². The first-order valence-corrected chi connectivity index (χ1v) is 10.8. The van der Waals surface area contributed by atoms with Crippen LogP contribution in [0.5, 0.6) is 0 Å². The van der Waals surface area contributed by atoms with E-state index in [0.29, 0.717) is 31.6 Å². The number of hydrogen-bond donors (Lipinski definition) is 0. The fraction of sp³-hybridized carbons (Fsp3) is 0.333. The van der Waals surface area contributed by atoms with Gasteiger partial charge in [0.15, 0.2) is 0 Å². The summed E-state index contributed by atoms with van der Waals surface area (Å²) in [4.78, 5) is 26.2. The molecule has 0 spiro atoms. The molecule has 1 heterocycles. The number of sulfonamides is 1. The Bertz CT molecular complexity index is 1020. The Labute approximate surface area is 170 Å². The fourth-order valence-electron chi connectivity index (χ4n) is 3.35. The number of methoxy groups -OCH3 is 1. The lowest BCUT2D eigenvalue weighted by molar-refractivity contribution is 0.0600. The highest BCUT2D eigenvalue weighted by atomic mass is 32.2. The Balaban J connectivity index is 1.76. The second-order valence-corrected chi connectivity index (χ2v) is 8.88. The molecule has 1 aliphatic heterocycles. The molecule has 7 nitrogen and oxygen atoms in total. The van der Waals surface area contributed by atoms with Gasteiger partial charge < -0.3 is 9.64 Å². The number of benzene rings is 2. The Kier molecular flexibility index (Phi) is 6.34. The third kappa shape index (κ3) is 4.65. The lowest BCUT2D eigenvalue weighted by atomic mass is 10.1. The van der Waals surface area contributed by atoms with E-state index in [0.717, 1.165) is 5.56 Å². The second kappa shape index (κ2) is 8.75. The molecule has 0 bridgehead atoms. The third-order valence-corrected chi connectivity index (χ3v) is 6.79. The zero-order valence-corrected chi connectivity index (χ0v) is 17.3.